The Bertz CT molecular complexity index is 4750. The number of aryl methyl sites for hydroxylation is 4. The van der Waals surface area contributed by atoms with Gasteiger partial charge in [-0.1, -0.05) is 88.5 Å². The van der Waals surface area contributed by atoms with Crippen LogP contribution in [0.1, 0.15) is 152 Å². The number of rotatable bonds is 16. The van der Waals surface area contributed by atoms with Crippen LogP contribution in [0.5, 0.6) is 80.5 Å². The van der Waals surface area contributed by atoms with Gasteiger partial charge in [-0.2, -0.15) is 0 Å². The first-order chi connectivity index (χ1) is 48.1. The lowest BCUT2D eigenvalue weighted by molar-refractivity contribution is -0.275. The molecule has 0 heterocycles. The van der Waals surface area contributed by atoms with Gasteiger partial charge in [-0.25, -0.2) is 0 Å². The maximum atomic E-state index is 13.6. The molecule has 10 aromatic rings. The lowest BCUT2D eigenvalue weighted by Crippen LogP contribution is -2.17. The van der Waals surface area contributed by atoms with E-state index in [1.165, 1.54) is 62.4 Å². The van der Waals surface area contributed by atoms with Crippen LogP contribution in [0.15, 0.2) is 97.1 Å². The minimum atomic E-state index is -4.93. The number of hydrogen-bond donors (Lipinski definition) is 12. The van der Waals surface area contributed by atoms with Crippen molar-refractivity contribution in [1.29, 1.82) is 0 Å². The van der Waals surface area contributed by atoms with Gasteiger partial charge in [-0.15, -0.1) is 26.3 Å². The van der Waals surface area contributed by atoms with Gasteiger partial charge in [0, 0.05) is 91.0 Å². The number of phenols is 12. The SMILES string of the molecule is Cc1cc2c(C(=O)CC3CCCCC3)c(O)c(O)cc2c(O)c1-c1c(C)cc2c(C(=O)CC3CCCCC3)c(O)c(O)cc2c1O.Cc1cc2c(C(=O)Cc3ccc(OC(F)(F)F)cc3)c(O)c(O)cc2c(O)c1-c1c(C)cc2c(C(=O)Cc3ccc(OC(F)(F)F)cc3)c(O)c(O)cc2c1O. The van der Waals surface area contributed by atoms with E-state index in [4.69, 9.17) is 0 Å². The van der Waals surface area contributed by atoms with E-state index < -0.39 is 117 Å². The molecule has 0 saturated heterocycles. The smallest absolute Gasteiger partial charge is 0.507 e. The van der Waals surface area contributed by atoms with E-state index >= 15 is 0 Å². The van der Waals surface area contributed by atoms with Gasteiger partial charge >= 0.3 is 12.7 Å². The third-order valence-corrected chi connectivity index (χ3v) is 19.3. The number of fused-ring (bicyclic) bond motifs is 4. The minimum absolute atomic E-state index is 0.0141. The van der Waals surface area contributed by atoms with Crippen LogP contribution in [0.2, 0.25) is 0 Å². The molecule has 2 saturated carbocycles. The zero-order chi connectivity index (χ0) is 73.9. The average molecular weight is 1410 g/mol. The first-order valence-electron chi connectivity index (χ1n) is 32.8. The molecule has 0 aliphatic heterocycles. The molecule has 102 heavy (non-hydrogen) atoms. The topological polar surface area (TPSA) is 330 Å². The van der Waals surface area contributed by atoms with Crippen molar-refractivity contribution >= 4 is 66.2 Å². The van der Waals surface area contributed by atoms with E-state index in [0.717, 1.165) is 101 Å². The Balaban J connectivity index is 0.000000209. The molecule has 2 aliphatic rings. The minimum Gasteiger partial charge on any atom is -0.507 e. The Hall–Kier alpha value is -11.3. The van der Waals surface area contributed by atoms with E-state index in [9.17, 15) is 107 Å². The van der Waals surface area contributed by atoms with Gasteiger partial charge in [0.25, 0.3) is 0 Å². The molecule has 532 valence electrons. The fourth-order valence-corrected chi connectivity index (χ4v) is 14.6. The van der Waals surface area contributed by atoms with E-state index in [-0.39, 0.29) is 136 Å². The molecule has 0 aromatic heterocycles. The molecule has 2 aliphatic carbocycles. The maximum absolute atomic E-state index is 13.6. The lowest BCUT2D eigenvalue weighted by Gasteiger charge is -2.23. The summed E-state index contributed by atoms with van der Waals surface area (Å²) in [6.07, 6.45) is -0.0860. The fraction of sp³-hybridized carbons (Fsp3) is 0.282. The number of Topliss-reactive ketones (excluding diaryl/α,β-unsaturated/α-hetero) is 4. The zero-order valence-electron chi connectivity index (χ0n) is 55.4. The van der Waals surface area contributed by atoms with E-state index in [2.05, 4.69) is 9.47 Å². The maximum Gasteiger partial charge on any atom is 0.573 e. The Labute approximate surface area is 577 Å². The van der Waals surface area contributed by atoms with E-state index in [0.29, 0.717) is 21.9 Å². The van der Waals surface area contributed by atoms with Crippen LogP contribution in [-0.4, -0.2) is 97.1 Å². The number of ether oxygens (including phenoxy) is 2. The number of ketones is 4. The number of hydrogen-bond acceptors (Lipinski definition) is 18. The van der Waals surface area contributed by atoms with Crippen molar-refractivity contribution < 1.29 is 116 Å². The predicted molar refractivity (Wildman–Crippen MR) is 366 cm³/mol. The van der Waals surface area contributed by atoms with Gasteiger partial charge in [-0.3, -0.25) is 19.2 Å². The van der Waals surface area contributed by atoms with Crippen molar-refractivity contribution in [2.24, 2.45) is 11.8 Å². The van der Waals surface area contributed by atoms with Gasteiger partial charge in [0.1, 0.15) is 34.5 Å². The monoisotopic (exact) mass is 1410 g/mol. The Kier molecular flexibility index (Phi) is 19.8. The highest BCUT2D eigenvalue weighted by atomic mass is 19.4. The summed E-state index contributed by atoms with van der Waals surface area (Å²) in [5.74, 6) is -9.92. The predicted octanol–water partition coefficient (Wildman–Crippen LogP) is 18.0. The average Bonchev–Trinajstić information content (AvgIpc) is 0.738. The second kappa shape index (κ2) is 28.0. The molecule has 24 heteroatoms. The second-order valence-corrected chi connectivity index (χ2v) is 26.4. The molecule has 12 N–H and O–H groups in total. The van der Waals surface area contributed by atoms with Crippen molar-refractivity contribution in [3.63, 3.8) is 0 Å². The summed E-state index contributed by atoms with van der Waals surface area (Å²) in [4.78, 5) is 54.2. The van der Waals surface area contributed by atoms with Gasteiger partial charge in [0.15, 0.2) is 69.1 Å². The Morgan fingerprint density at radius 3 is 0.804 bits per heavy atom. The number of benzene rings is 10. The summed E-state index contributed by atoms with van der Waals surface area (Å²) in [6, 6.07) is 19.3. The highest BCUT2D eigenvalue weighted by molar-refractivity contribution is 6.19. The third-order valence-electron chi connectivity index (χ3n) is 19.3. The first kappa shape index (κ1) is 72.0. The molecule has 0 radical (unpaired) electrons. The largest absolute Gasteiger partial charge is 0.573 e. The third kappa shape index (κ3) is 14.3. The van der Waals surface area contributed by atoms with Crippen LogP contribution >= 0.6 is 0 Å². The second-order valence-electron chi connectivity index (χ2n) is 26.4. The van der Waals surface area contributed by atoms with Crippen LogP contribution in [0.25, 0.3) is 65.3 Å². The van der Waals surface area contributed by atoms with Crippen LogP contribution in [-0.2, 0) is 12.8 Å². The van der Waals surface area contributed by atoms with Crippen molar-refractivity contribution in [3.8, 4) is 103 Å². The molecule has 0 spiro atoms. The molecule has 0 amide bonds. The fourth-order valence-electron chi connectivity index (χ4n) is 14.6. The van der Waals surface area contributed by atoms with Gasteiger partial charge < -0.3 is 70.8 Å². The standard InChI is InChI=1S/C40H28F6O10.C38H42O8/c1-17-11-23-25(15-29(49)37(53)33(23)27(47)13-19-3-7-21(8-4-19)55-39(41,42)43)35(51)31(17)32-18(2)12-24-26(36(32)52)16-30(50)38(54)34(24)28(48)14-20-5-9-22(10-6-20)56-40(44,45)46;1-19-13-23-25(17-29(41)37(45)33(23)27(39)15-21-9-5-3-6-10-21)35(43)31(19)32-20(2)14-24-26(36(32)44)18-30(42)38(46)34(24)28(40)16-22-11-7-4-8-12-22/h3-12,15-16,49-54H,13-14H2,1-2H3;13-14,17-18,21-22,41-46H,3-12,15-16H2,1-2H3. The van der Waals surface area contributed by atoms with Gasteiger partial charge in [0.2, 0.25) is 0 Å². The highest BCUT2D eigenvalue weighted by Gasteiger charge is 2.35. The Morgan fingerprint density at radius 2 is 0.569 bits per heavy atom. The molecule has 10 aromatic carbocycles. The van der Waals surface area contributed by atoms with Crippen molar-refractivity contribution in [2.75, 3.05) is 0 Å². The molecule has 18 nitrogen and oxygen atoms in total. The van der Waals surface area contributed by atoms with E-state index in [1.807, 2.05) is 0 Å². The normalized spacial score (nSPS) is 13.9. The van der Waals surface area contributed by atoms with Crippen LogP contribution in [0.4, 0.5) is 26.3 Å². The quantitative estimate of drug-likeness (QED) is 0.0243. The van der Waals surface area contributed by atoms with Crippen molar-refractivity contribution in [2.45, 2.75) is 130 Å². The summed E-state index contributed by atoms with van der Waals surface area (Å²) in [5.41, 5.74) is 1.48. The number of halogens is 6. The van der Waals surface area contributed by atoms with Crippen LogP contribution < -0.4 is 9.47 Å². The molecule has 0 bridgehead atoms. The Morgan fingerprint density at radius 1 is 0.333 bits per heavy atom. The summed E-state index contributed by atoms with van der Waals surface area (Å²) in [7, 11) is 0. The summed E-state index contributed by atoms with van der Waals surface area (Å²) in [6.45, 7) is 6.43. The van der Waals surface area contributed by atoms with Gasteiger partial charge in [0.05, 0.1) is 22.3 Å². The molecule has 2 fully saturated rings. The molecule has 12 rings (SSSR count). The number of carbonyl (C=O) groups excluding carboxylic acids is 4. The van der Waals surface area contributed by atoms with Gasteiger partial charge in [-0.05, 0) is 146 Å². The van der Waals surface area contributed by atoms with Crippen LogP contribution in [0, 0.1) is 39.5 Å². The van der Waals surface area contributed by atoms with Crippen molar-refractivity contribution in [3.05, 3.63) is 153 Å². The first-order valence-corrected chi connectivity index (χ1v) is 32.8. The number of alkyl halides is 6. The molecule has 0 atom stereocenters. The zero-order valence-corrected chi connectivity index (χ0v) is 55.4. The summed E-state index contributed by atoms with van der Waals surface area (Å²) in [5, 5.41) is 133. The van der Waals surface area contributed by atoms with Crippen molar-refractivity contribution in [1.82, 2.24) is 0 Å². The molecular weight excluding hydrogens is 1340 g/mol. The van der Waals surface area contributed by atoms with E-state index in [1.54, 1.807) is 26.0 Å². The van der Waals surface area contributed by atoms with Crippen LogP contribution in [0.3, 0.4) is 0 Å². The molecular formula is C78H70F6O18. The number of aromatic hydroxyl groups is 12. The number of phenolic OH excluding ortho intramolecular Hbond substituents is 12. The number of carbonyl (C=O) groups is 4. The molecule has 0 unspecified atom stereocenters. The summed E-state index contributed by atoms with van der Waals surface area (Å²) < 4.78 is 83.2. The highest BCUT2D eigenvalue weighted by Crippen LogP contribution is 2.54. The lowest BCUT2D eigenvalue weighted by atomic mass is 9.82. The summed E-state index contributed by atoms with van der Waals surface area (Å²) >= 11 is 0.